The fourth-order valence-corrected chi connectivity index (χ4v) is 3.07. The highest BCUT2D eigenvalue weighted by molar-refractivity contribution is 5.82. The van der Waals surface area contributed by atoms with Gasteiger partial charge in [-0.05, 0) is 64.8 Å². The maximum absolute atomic E-state index is 12.7. The van der Waals surface area contributed by atoms with Gasteiger partial charge in [-0.1, -0.05) is 13.3 Å². The maximum Gasteiger partial charge on any atom is 0.229 e. The standard InChI is InChI=1S/C19H31N3O2/c1-6-15-11-20-8-7-16(15)22-18(23)19(4,5)12-24-17-14(3)9-13(2)10-21-17/h9-10,15-16,20H,6-8,11-12H2,1-5H3,(H,22,23). The van der Waals surface area contributed by atoms with Gasteiger partial charge in [-0.3, -0.25) is 4.79 Å². The number of nitrogens with zero attached hydrogens (tertiary/aromatic N) is 1. The van der Waals surface area contributed by atoms with Crippen LogP contribution in [0.15, 0.2) is 12.3 Å². The van der Waals surface area contributed by atoms with Gasteiger partial charge in [0.15, 0.2) is 0 Å². The van der Waals surface area contributed by atoms with Crippen molar-refractivity contribution in [3.63, 3.8) is 0 Å². The largest absolute Gasteiger partial charge is 0.476 e. The van der Waals surface area contributed by atoms with Crippen LogP contribution in [-0.2, 0) is 4.79 Å². The fourth-order valence-electron chi connectivity index (χ4n) is 3.07. The molecule has 0 saturated carbocycles. The molecule has 2 N–H and O–H groups in total. The summed E-state index contributed by atoms with van der Waals surface area (Å²) in [5.74, 6) is 1.16. The van der Waals surface area contributed by atoms with Crippen LogP contribution in [0, 0.1) is 25.2 Å². The summed E-state index contributed by atoms with van der Waals surface area (Å²) in [5.41, 5.74) is 1.51. The lowest BCUT2D eigenvalue weighted by atomic mass is 9.88. The number of rotatable bonds is 6. The van der Waals surface area contributed by atoms with Crippen LogP contribution in [0.25, 0.3) is 0 Å². The van der Waals surface area contributed by atoms with Gasteiger partial charge in [0.05, 0.1) is 5.41 Å². The van der Waals surface area contributed by atoms with Crippen molar-refractivity contribution in [2.45, 2.75) is 53.5 Å². The molecule has 1 aromatic heterocycles. The van der Waals surface area contributed by atoms with Crippen LogP contribution in [-0.4, -0.2) is 36.6 Å². The molecule has 5 nitrogen and oxygen atoms in total. The molecule has 1 aliphatic rings. The van der Waals surface area contributed by atoms with E-state index in [1.807, 2.05) is 33.8 Å². The Kier molecular flexibility index (Phi) is 6.21. The van der Waals surface area contributed by atoms with Crippen molar-refractivity contribution >= 4 is 5.91 Å². The minimum atomic E-state index is -0.595. The molecule has 5 heteroatoms. The Morgan fingerprint density at radius 2 is 2.21 bits per heavy atom. The normalized spacial score (nSPS) is 21.4. The van der Waals surface area contributed by atoms with E-state index in [2.05, 4.69) is 22.5 Å². The lowest BCUT2D eigenvalue weighted by Crippen LogP contribution is -2.53. The van der Waals surface area contributed by atoms with E-state index in [9.17, 15) is 4.79 Å². The first kappa shape index (κ1) is 18.7. The van der Waals surface area contributed by atoms with Gasteiger partial charge in [0.2, 0.25) is 11.8 Å². The van der Waals surface area contributed by atoms with Crippen LogP contribution in [0.2, 0.25) is 0 Å². The molecule has 24 heavy (non-hydrogen) atoms. The van der Waals surface area contributed by atoms with E-state index in [1.54, 1.807) is 6.20 Å². The van der Waals surface area contributed by atoms with E-state index >= 15 is 0 Å². The summed E-state index contributed by atoms with van der Waals surface area (Å²) >= 11 is 0. The Bertz CT molecular complexity index is 572. The number of ether oxygens (including phenoxy) is 1. The monoisotopic (exact) mass is 333 g/mol. The smallest absolute Gasteiger partial charge is 0.229 e. The van der Waals surface area contributed by atoms with Crippen molar-refractivity contribution in [3.05, 3.63) is 23.4 Å². The number of aryl methyl sites for hydroxylation is 2. The van der Waals surface area contributed by atoms with E-state index in [0.29, 0.717) is 18.4 Å². The van der Waals surface area contributed by atoms with Gasteiger partial charge in [-0.15, -0.1) is 0 Å². The summed E-state index contributed by atoms with van der Waals surface area (Å²) in [6, 6.07) is 2.29. The van der Waals surface area contributed by atoms with Gasteiger partial charge in [-0.25, -0.2) is 4.98 Å². The number of piperidine rings is 1. The molecule has 0 bridgehead atoms. The van der Waals surface area contributed by atoms with E-state index in [1.165, 1.54) is 0 Å². The maximum atomic E-state index is 12.7. The first-order valence-corrected chi connectivity index (χ1v) is 8.91. The number of carbonyl (C=O) groups excluding carboxylic acids is 1. The van der Waals surface area contributed by atoms with Gasteiger partial charge in [0, 0.05) is 17.8 Å². The van der Waals surface area contributed by atoms with Crippen LogP contribution in [0.4, 0.5) is 0 Å². The zero-order valence-electron chi connectivity index (χ0n) is 15.6. The summed E-state index contributed by atoms with van der Waals surface area (Å²) < 4.78 is 5.84. The van der Waals surface area contributed by atoms with Crippen molar-refractivity contribution in [2.24, 2.45) is 11.3 Å². The Labute approximate surface area is 145 Å². The summed E-state index contributed by atoms with van der Waals surface area (Å²) in [6.07, 6.45) is 3.84. The van der Waals surface area contributed by atoms with E-state index in [0.717, 1.165) is 37.1 Å². The van der Waals surface area contributed by atoms with Crippen LogP contribution in [0.1, 0.15) is 44.7 Å². The van der Waals surface area contributed by atoms with Crippen molar-refractivity contribution < 1.29 is 9.53 Å². The third-order valence-electron chi connectivity index (χ3n) is 4.80. The number of hydrogen-bond donors (Lipinski definition) is 2. The van der Waals surface area contributed by atoms with Crippen molar-refractivity contribution in [3.8, 4) is 5.88 Å². The highest BCUT2D eigenvalue weighted by Gasteiger charge is 2.33. The fraction of sp³-hybridized carbons (Fsp3) is 0.684. The van der Waals surface area contributed by atoms with Gasteiger partial charge in [-0.2, -0.15) is 0 Å². The molecule has 1 amide bonds. The number of nitrogens with one attached hydrogen (secondary N) is 2. The number of pyridine rings is 1. The minimum Gasteiger partial charge on any atom is -0.476 e. The molecule has 0 radical (unpaired) electrons. The van der Waals surface area contributed by atoms with Crippen LogP contribution >= 0.6 is 0 Å². The average Bonchev–Trinajstić information content (AvgIpc) is 2.54. The topological polar surface area (TPSA) is 63.2 Å². The zero-order valence-corrected chi connectivity index (χ0v) is 15.6. The second-order valence-corrected chi connectivity index (χ2v) is 7.55. The number of amides is 1. The summed E-state index contributed by atoms with van der Waals surface area (Å²) in [4.78, 5) is 17.0. The zero-order chi connectivity index (χ0) is 17.7. The Hall–Kier alpha value is -1.62. The van der Waals surface area contributed by atoms with E-state index in [4.69, 9.17) is 4.74 Å². The number of carbonyl (C=O) groups is 1. The molecule has 2 unspecified atom stereocenters. The van der Waals surface area contributed by atoms with Crippen LogP contribution in [0.5, 0.6) is 5.88 Å². The lowest BCUT2D eigenvalue weighted by Gasteiger charge is -2.34. The first-order valence-electron chi connectivity index (χ1n) is 8.91. The SMILES string of the molecule is CCC1CNCCC1NC(=O)C(C)(C)COc1ncc(C)cc1C. The molecule has 0 aliphatic carbocycles. The van der Waals surface area contributed by atoms with E-state index < -0.39 is 5.41 Å². The molecule has 2 heterocycles. The second-order valence-electron chi connectivity index (χ2n) is 7.55. The minimum absolute atomic E-state index is 0.0533. The Morgan fingerprint density at radius 3 is 2.88 bits per heavy atom. The third-order valence-corrected chi connectivity index (χ3v) is 4.80. The highest BCUT2D eigenvalue weighted by atomic mass is 16.5. The van der Waals surface area contributed by atoms with Crippen LogP contribution < -0.4 is 15.4 Å². The van der Waals surface area contributed by atoms with Gasteiger partial charge in [0.1, 0.15) is 6.61 Å². The molecule has 0 spiro atoms. The summed E-state index contributed by atoms with van der Waals surface area (Å²) in [6.45, 7) is 12.3. The molecule has 2 atom stereocenters. The van der Waals surface area contributed by atoms with Crippen molar-refractivity contribution in [1.82, 2.24) is 15.6 Å². The Morgan fingerprint density at radius 1 is 1.46 bits per heavy atom. The molecule has 0 aromatic carbocycles. The highest BCUT2D eigenvalue weighted by Crippen LogP contribution is 2.22. The molecular formula is C19H31N3O2. The van der Waals surface area contributed by atoms with E-state index in [-0.39, 0.29) is 11.9 Å². The summed E-state index contributed by atoms with van der Waals surface area (Å²) in [5, 5.41) is 6.64. The van der Waals surface area contributed by atoms with Gasteiger partial charge >= 0.3 is 0 Å². The molecule has 134 valence electrons. The van der Waals surface area contributed by atoms with Gasteiger partial charge < -0.3 is 15.4 Å². The third kappa shape index (κ3) is 4.69. The number of hydrogen-bond acceptors (Lipinski definition) is 4. The van der Waals surface area contributed by atoms with Gasteiger partial charge in [0.25, 0.3) is 0 Å². The molecule has 1 aromatic rings. The molecule has 2 rings (SSSR count). The summed E-state index contributed by atoms with van der Waals surface area (Å²) in [7, 11) is 0. The lowest BCUT2D eigenvalue weighted by molar-refractivity contribution is -0.132. The quantitative estimate of drug-likeness (QED) is 0.840. The van der Waals surface area contributed by atoms with Crippen molar-refractivity contribution in [1.29, 1.82) is 0 Å². The first-order chi connectivity index (χ1) is 11.3. The Balaban J connectivity index is 1.94. The molecule has 1 aliphatic heterocycles. The molecule has 1 saturated heterocycles. The molecule has 1 fully saturated rings. The average molecular weight is 333 g/mol. The van der Waals surface area contributed by atoms with Crippen molar-refractivity contribution in [2.75, 3.05) is 19.7 Å². The second kappa shape index (κ2) is 7.97. The predicted molar refractivity (Wildman–Crippen MR) is 96.2 cm³/mol. The van der Waals surface area contributed by atoms with Crippen LogP contribution in [0.3, 0.4) is 0 Å². The predicted octanol–water partition coefficient (Wildman–Crippen LogP) is 2.61. The molecular weight excluding hydrogens is 302 g/mol. The number of aromatic nitrogens is 1.